The molecule has 1 aromatic rings. The molecule has 0 bridgehead atoms. The number of amides is 2. The summed E-state index contributed by atoms with van der Waals surface area (Å²) in [5, 5.41) is 2.37. The highest BCUT2D eigenvalue weighted by Crippen LogP contribution is 2.35. The van der Waals surface area contributed by atoms with Gasteiger partial charge in [-0.25, -0.2) is 0 Å². The van der Waals surface area contributed by atoms with E-state index >= 15 is 0 Å². The Morgan fingerprint density at radius 3 is 2.59 bits per heavy atom. The van der Waals surface area contributed by atoms with Crippen molar-refractivity contribution in [3.8, 4) is 0 Å². The van der Waals surface area contributed by atoms with Gasteiger partial charge in [0.2, 0.25) is 11.8 Å². The van der Waals surface area contributed by atoms with Gasteiger partial charge in [0.1, 0.15) is 0 Å². The van der Waals surface area contributed by atoms with E-state index in [1.54, 1.807) is 0 Å². The Hall–Kier alpha value is -1.68. The van der Waals surface area contributed by atoms with Gasteiger partial charge < -0.3 is 5.73 Å². The van der Waals surface area contributed by atoms with Crippen molar-refractivity contribution in [2.45, 2.75) is 31.2 Å². The number of carbonyl (C=O) groups excluding carboxylic acids is 2. The van der Waals surface area contributed by atoms with Crippen molar-refractivity contribution in [3.63, 3.8) is 0 Å². The van der Waals surface area contributed by atoms with Gasteiger partial charge in [-0.1, -0.05) is 37.3 Å². The van der Waals surface area contributed by atoms with E-state index in [4.69, 9.17) is 5.73 Å². The summed E-state index contributed by atoms with van der Waals surface area (Å²) in [5.41, 5.74) is 6.01. The third kappa shape index (κ3) is 1.85. The molecule has 4 heteroatoms. The van der Waals surface area contributed by atoms with Crippen LogP contribution in [0.2, 0.25) is 0 Å². The molecular weight excluding hydrogens is 216 g/mol. The van der Waals surface area contributed by atoms with Gasteiger partial charge in [0.05, 0.1) is 11.5 Å². The summed E-state index contributed by atoms with van der Waals surface area (Å²) >= 11 is 0. The standard InChI is InChI=1S/C13H16N2O2/c1-2-13(9-6-4-3-5-7-9)8-10(14)11(16)15-12(13)17/h3-7,10H,2,8,14H2,1H3,(H,15,16,17)/t10-,13-/m1/s1. The lowest BCUT2D eigenvalue weighted by Crippen LogP contribution is -2.59. The second-order valence-corrected chi connectivity index (χ2v) is 4.43. The van der Waals surface area contributed by atoms with Crippen LogP contribution in [0.15, 0.2) is 30.3 Å². The molecule has 2 amide bonds. The lowest BCUT2D eigenvalue weighted by molar-refractivity contribution is -0.139. The topological polar surface area (TPSA) is 72.2 Å². The van der Waals surface area contributed by atoms with Crippen molar-refractivity contribution in [2.24, 2.45) is 5.73 Å². The Bertz CT molecular complexity index is 444. The van der Waals surface area contributed by atoms with Crippen molar-refractivity contribution in [1.29, 1.82) is 0 Å². The van der Waals surface area contributed by atoms with E-state index in [0.29, 0.717) is 12.8 Å². The maximum Gasteiger partial charge on any atom is 0.243 e. The molecule has 90 valence electrons. The fourth-order valence-electron chi connectivity index (χ4n) is 2.40. The van der Waals surface area contributed by atoms with Crippen molar-refractivity contribution in [1.82, 2.24) is 5.32 Å². The van der Waals surface area contributed by atoms with Crippen molar-refractivity contribution >= 4 is 11.8 Å². The van der Waals surface area contributed by atoms with Crippen LogP contribution in [-0.4, -0.2) is 17.9 Å². The van der Waals surface area contributed by atoms with Gasteiger partial charge in [-0.3, -0.25) is 14.9 Å². The zero-order valence-electron chi connectivity index (χ0n) is 9.77. The van der Waals surface area contributed by atoms with Gasteiger partial charge in [-0.15, -0.1) is 0 Å². The first-order chi connectivity index (χ1) is 8.10. The Morgan fingerprint density at radius 1 is 1.35 bits per heavy atom. The minimum absolute atomic E-state index is 0.238. The van der Waals surface area contributed by atoms with Crippen LogP contribution < -0.4 is 11.1 Å². The molecule has 0 unspecified atom stereocenters. The Kier molecular flexibility index (Phi) is 2.98. The zero-order valence-corrected chi connectivity index (χ0v) is 9.77. The normalized spacial score (nSPS) is 28.9. The van der Waals surface area contributed by atoms with Crippen LogP contribution in [0.1, 0.15) is 25.3 Å². The highest BCUT2D eigenvalue weighted by Gasteiger charge is 2.45. The molecule has 0 radical (unpaired) electrons. The number of hydrogen-bond donors (Lipinski definition) is 2. The van der Waals surface area contributed by atoms with Crippen LogP contribution in [0.25, 0.3) is 0 Å². The molecule has 3 N–H and O–H groups in total. The zero-order chi connectivity index (χ0) is 12.5. The number of imide groups is 1. The number of carbonyl (C=O) groups is 2. The predicted molar refractivity (Wildman–Crippen MR) is 64.2 cm³/mol. The number of nitrogens with two attached hydrogens (primary N) is 1. The number of benzene rings is 1. The quantitative estimate of drug-likeness (QED) is 0.737. The van der Waals surface area contributed by atoms with E-state index in [9.17, 15) is 9.59 Å². The fraction of sp³-hybridized carbons (Fsp3) is 0.385. The maximum atomic E-state index is 12.1. The first kappa shape index (κ1) is 11.8. The molecule has 0 aromatic heterocycles. The van der Waals surface area contributed by atoms with Crippen LogP contribution in [0.3, 0.4) is 0 Å². The number of piperidine rings is 1. The van der Waals surface area contributed by atoms with Crippen LogP contribution in [0, 0.1) is 0 Å². The van der Waals surface area contributed by atoms with Gasteiger partial charge in [0, 0.05) is 0 Å². The Morgan fingerprint density at radius 2 is 2.00 bits per heavy atom. The fourth-order valence-corrected chi connectivity index (χ4v) is 2.40. The summed E-state index contributed by atoms with van der Waals surface area (Å²) in [6.07, 6.45) is 1.00. The van der Waals surface area contributed by atoms with Gasteiger partial charge in [0.25, 0.3) is 0 Å². The summed E-state index contributed by atoms with van der Waals surface area (Å²) in [7, 11) is 0. The second-order valence-electron chi connectivity index (χ2n) is 4.43. The molecule has 4 nitrogen and oxygen atoms in total. The monoisotopic (exact) mass is 232 g/mol. The maximum absolute atomic E-state index is 12.1. The highest BCUT2D eigenvalue weighted by molar-refractivity contribution is 6.05. The predicted octanol–water partition coefficient (Wildman–Crippen LogP) is 0.708. The van der Waals surface area contributed by atoms with Crippen molar-refractivity contribution < 1.29 is 9.59 Å². The summed E-state index contributed by atoms with van der Waals surface area (Å²) in [4.78, 5) is 23.5. The largest absolute Gasteiger partial charge is 0.320 e. The Labute approximate surface area is 100 Å². The molecule has 1 saturated heterocycles. The third-order valence-electron chi connectivity index (χ3n) is 3.51. The third-order valence-corrected chi connectivity index (χ3v) is 3.51. The molecule has 0 spiro atoms. The van der Waals surface area contributed by atoms with E-state index < -0.39 is 11.5 Å². The van der Waals surface area contributed by atoms with Crippen LogP contribution in [-0.2, 0) is 15.0 Å². The molecule has 1 aliphatic rings. The van der Waals surface area contributed by atoms with E-state index in [2.05, 4.69) is 5.32 Å². The van der Waals surface area contributed by atoms with Gasteiger partial charge in [-0.05, 0) is 18.4 Å². The molecule has 1 aromatic carbocycles. The van der Waals surface area contributed by atoms with Gasteiger partial charge in [0.15, 0.2) is 0 Å². The molecular formula is C13H16N2O2. The molecule has 0 saturated carbocycles. The average molecular weight is 232 g/mol. The average Bonchev–Trinajstić information content (AvgIpc) is 2.35. The van der Waals surface area contributed by atoms with Crippen LogP contribution >= 0.6 is 0 Å². The summed E-state index contributed by atoms with van der Waals surface area (Å²) in [6.45, 7) is 1.94. The Balaban J connectivity index is 2.44. The molecule has 1 aliphatic heterocycles. The van der Waals surface area contributed by atoms with Gasteiger partial charge in [-0.2, -0.15) is 0 Å². The van der Waals surface area contributed by atoms with Crippen molar-refractivity contribution in [2.75, 3.05) is 0 Å². The molecule has 2 atom stereocenters. The molecule has 2 rings (SSSR count). The van der Waals surface area contributed by atoms with E-state index in [1.807, 2.05) is 37.3 Å². The van der Waals surface area contributed by atoms with Crippen LogP contribution in [0.4, 0.5) is 0 Å². The van der Waals surface area contributed by atoms with E-state index in [0.717, 1.165) is 5.56 Å². The minimum Gasteiger partial charge on any atom is -0.320 e. The molecule has 17 heavy (non-hydrogen) atoms. The van der Waals surface area contributed by atoms with Gasteiger partial charge >= 0.3 is 0 Å². The molecule has 1 heterocycles. The summed E-state index contributed by atoms with van der Waals surface area (Å²) in [5.74, 6) is -0.618. The molecule has 0 aliphatic carbocycles. The summed E-state index contributed by atoms with van der Waals surface area (Å²) in [6, 6.07) is 8.88. The SMILES string of the molecule is CC[C@]1(c2ccccc2)C[C@@H](N)C(=O)NC1=O. The second kappa shape index (κ2) is 4.30. The summed E-state index contributed by atoms with van der Waals surface area (Å²) < 4.78 is 0. The smallest absolute Gasteiger partial charge is 0.243 e. The number of rotatable bonds is 2. The highest BCUT2D eigenvalue weighted by atomic mass is 16.2. The van der Waals surface area contributed by atoms with Crippen molar-refractivity contribution in [3.05, 3.63) is 35.9 Å². The van der Waals surface area contributed by atoms with E-state index in [1.165, 1.54) is 0 Å². The van der Waals surface area contributed by atoms with E-state index in [-0.39, 0.29) is 11.8 Å². The number of hydrogen-bond acceptors (Lipinski definition) is 3. The minimum atomic E-state index is -0.672. The first-order valence-electron chi connectivity index (χ1n) is 5.76. The first-order valence-corrected chi connectivity index (χ1v) is 5.76. The number of nitrogens with one attached hydrogen (secondary N) is 1. The van der Waals surface area contributed by atoms with Crippen LogP contribution in [0.5, 0.6) is 0 Å². The molecule has 1 fully saturated rings. The lowest BCUT2D eigenvalue weighted by atomic mass is 9.70. The lowest BCUT2D eigenvalue weighted by Gasteiger charge is -2.37.